The molecule has 0 spiro atoms. The summed E-state index contributed by atoms with van der Waals surface area (Å²) in [7, 11) is 0. The quantitative estimate of drug-likeness (QED) is 0.156. The van der Waals surface area contributed by atoms with Crippen molar-refractivity contribution in [2.75, 3.05) is 11.5 Å². The van der Waals surface area contributed by atoms with Gasteiger partial charge < -0.3 is 14.4 Å². The highest BCUT2D eigenvalue weighted by molar-refractivity contribution is 7.18. The third-order valence-corrected chi connectivity index (χ3v) is 9.15. The van der Waals surface area contributed by atoms with Crippen molar-refractivity contribution in [3.05, 3.63) is 90.5 Å². The van der Waals surface area contributed by atoms with Crippen molar-refractivity contribution in [3.63, 3.8) is 0 Å². The van der Waals surface area contributed by atoms with Gasteiger partial charge in [0.1, 0.15) is 16.0 Å². The number of para-hydroxylation sites is 4. The average molecular weight is 591 g/mol. The van der Waals surface area contributed by atoms with E-state index in [2.05, 4.69) is 76.0 Å². The SMILES string of the molecule is CCCCCCOc1nc(-c2ccc(C)c3nsnc23)sc1-c1ccc(N2c3ccccc3Oc3ccccc32)cc1. The van der Waals surface area contributed by atoms with Crippen molar-refractivity contribution in [1.29, 1.82) is 0 Å². The van der Waals surface area contributed by atoms with Crippen molar-refractivity contribution in [2.24, 2.45) is 0 Å². The molecule has 0 amide bonds. The molecular formula is C34H30N4O2S2. The van der Waals surface area contributed by atoms with Crippen LogP contribution in [0, 0.1) is 6.92 Å². The Morgan fingerprint density at radius 3 is 2.24 bits per heavy atom. The number of unbranched alkanes of at least 4 members (excludes halogenated alkanes) is 3. The number of rotatable bonds is 9. The fourth-order valence-corrected chi connectivity index (χ4v) is 6.97. The summed E-state index contributed by atoms with van der Waals surface area (Å²) in [6, 6.07) is 29.1. The van der Waals surface area contributed by atoms with E-state index in [0.29, 0.717) is 12.5 Å². The molecule has 0 radical (unpaired) electrons. The van der Waals surface area contributed by atoms with Crippen molar-refractivity contribution < 1.29 is 9.47 Å². The van der Waals surface area contributed by atoms with Crippen molar-refractivity contribution in [2.45, 2.75) is 39.5 Å². The summed E-state index contributed by atoms with van der Waals surface area (Å²) in [5.74, 6) is 2.36. The highest BCUT2D eigenvalue weighted by Crippen LogP contribution is 2.50. The molecule has 6 aromatic rings. The first-order chi connectivity index (χ1) is 20.7. The van der Waals surface area contributed by atoms with Gasteiger partial charge in [0.15, 0.2) is 11.5 Å². The van der Waals surface area contributed by atoms with Gasteiger partial charge in [0.2, 0.25) is 5.88 Å². The van der Waals surface area contributed by atoms with Gasteiger partial charge in [-0.2, -0.15) is 8.75 Å². The molecule has 0 N–H and O–H groups in total. The lowest BCUT2D eigenvalue weighted by atomic mass is 10.1. The van der Waals surface area contributed by atoms with Crippen LogP contribution in [0.25, 0.3) is 32.0 Å². The van der Waals surface area contributed by atoms with E-state index in [1.165, 1.54) is 24.6 Å². The monoisotopic (exact) mass is 590 g/mol. The van der Waals surface area contributed by atoms with Crippen LogP contribution in [-0.2, 0) is 0 Å². The van der Waals surface area contributed by atoms with E-state index >= 15 is 0 Å². The van der Waals surface area contributed by atoms with Crippen LogP contribution in [0.3, 0.4) is 0 Å². The second kappa shape index (κ2) is 11.5. The normalized spacial score (nSPS) is 12.2. The lowest BCUT2D eigenvalue weighted by Gasteiger charge is -2.32. The summed E-state index contributed by atoms with van der Waals surface area (Å²) in [5, 5.41) is 0.895. The lowest BCUT2D eigenvalue weighted by Crippen LogP contribution is -2.15. The first-order valence-electron chi connectivity index (χ1n) is 14.3. The third kappa shape index (κ3) is 4.91. The average Bonchev–Trinajstić information content (AvgIpc) is 3.69. The minimum atomic E-state index is 0.650. The predicted octanol–water partition coefficient (Wildman–Crippen LogP) is 10.3. The number of benzene rings is 4. The summed E-state index contributed by atoms with van der Waals surface area (Å²) in [4.78, 5) is 8.28. The zero-order chi connectivity index (χ0) is 28.5. The van der Waals surface area contributed by atoms with E-state index in [9.17, 15) is 0 Å². The number of aromatic nitrogens is 3. The number of aryl methyl sites for hydroxylation is 1. The van der Waals surface area contributed by atoms with Gasteiger partial charge in [-0.3, -0.25) is 0 Å². The summed E-state index contributed by atoms with van der Waals surface area (Å²) in [6.45, 7) is 4.94. The van der Waals surface area contributed by atoms with Gasteiger partial charge in [-0.15, -0.1) is 11.3 Å². The molecular weight excluding hydrogens is 561 g/mol. The van der Waals surface area contributed by atoms with Crippen LogP contribution in [0.15, 0.2) is 84.9 Å². The number of thiazole rings is 1. The topological polar surface area (TPSA) is 60.4 Å². The maximum atomic E-state index is 6.34. The fourth-order valence-electron chi connectivity index (χ4n) is 5.31. The Kier molecular flexibility index (Phi) is 7.32. The molecule has 2 aromatic heterocycles. The van der Waals surface area contributed by atoms with Crippen molar-refractivity contribution >= 4 is 51.2 Å². The molecule has 0 unspecified atom stereocenters. The summed E-state index contributed by atoms with van der Waals surface area (Å²) in [6.07, 6.45) is 4.58. The van der Waals surface area contributed by atoms with Crippen molar-refractivity contribution in [3.8, 4) is 38.4 Å². The zero-order valence-corrected chi connectivity index (χ0v) is 25.2. The first-order valence-corrected chi connectivity index (χ1v) is 15.9. The van der Waals surface area contributed by atoms with E-state index in [1.54, 1.807) is 11.3 Å². The highest BCUT2D eigenvalue weighted by Gasteiger charge is 2.26. The molecule has 3 heterocycles. The molecule has 6 nitrogen and oxygen atoms in total. The standard InChI is InChI=1S/C34H30N4O2S2/c1-3-4-5-10-21-39-33-32(41-34(35-33)25-20-15-22(2)30-31(25)37-42-36-30)23-16-18-24(19-17-23)38-26-11-6-8-13-28(26)40-29-14-9-7-12-27(29)38/h6-9,11-20H,3-5,10,21H2,1-2H3. The largest absolute Gasteiger partial charge is 0.477 e. The molecule has 0 aliphatic carbocycles. The van der Waals surface area contributed by atoms with Gasteiger partial charge in [-0.05, 0) is 66.9 Å². The minimum absolute atomic E-state index is 0.650. The summed E-state index contributed by atoms with van der Waals surface area (Å²) in [5.41, 5.74) is 8.11. The van der Waals surface area contributed by atoms with Crippen LogP contribution < -0.4 is 14.4 Å². The van der Waals surface area contributed by atoms with Gasteiger partial charge in [-0.1, -0.05) is 68.7 Å². The number of fused-ring (bicyclic) bond motifs is 3. The van der Waals surface area contributed by atoms with E-state index in [0.717, 1.165) is 79.0 Å². The molecule has 210 valence electrons. The molecule has 0 saturated carbocycles. The predicted molar refractivity (Wildman–Crippen MR) is 173 cm³/mol. The molecule has 0 atom stereocenters. The molecule has 7 rings (SSSR count). The molecule has 8 heteroatoms. The molecule has 0 fully saturated rings. The van der Waals surface area contributed by atoms with E-state index in [1.807, 2.05) is 36.4 Å². The first kappa shape index (κ1) is 26.6. The smallest absolute Gasteiger partial charge is 0.233 e. The van der Waals surface area contributed by atoms with Crippen LogP contribution in [0.1, 0.15) is 38.2 Å². The van der Waals surface area contributed by atoms with Gasteiger partial charge in [0.05, 0.1) is 34.6 Å². The van der Waals surface area contributed by atoms with Crippen molar-refractivity contribution in [1.82, 2.24) is 13.7 Å². The third-order valence-electron chi connectivity index (χ3n) is 7.50. The maximum Gasteiger partial charge on any atom is 0.233 e. The molecule has 0 saturated heterocycles. The highest BCUT2D eigenvalue weighted by atomic mass is 32.1. The van der Waals surface area contributed by atoms with Crippen LogP contribution in [0.2, 0.25) is 0 Å². The van der Waals surface area contributed by atoms with Crippen LogP contribution in [-0.4, -0.2) is 20.3 Å². The van der Waals surface area contributed by atoms with E-state index in [4.69, 9.17) is 14.5 Å². The fraction of sp³-hybridized carbons (Fsp3) is 0.206. The molecule has 4 aromatic carbocycles. The Labute approximate surface area is 253 Å². The van der Waals surface area contributed by atoms with E-state index in [-0.39, 0.29) is 0 Å². The maximum absolute atomic E-state index is 6.34. The Balaban J connectivity index is 1.26. The Morgan fingerprint density at radius 1 is 0.786 bits per heavy atom. The zero-order valence-electron chi connectivity index (χ0n) is 23.5. The van der Waals surface area contributed by atoms with Gasteiger partial charge in [0, 0.05) is 11.3 Å². The second-order valence-electron chi connectivity index (χ2n) is 10.4. The summed E-state index contributed by atoms with van der Waals surface area (Å²) >= 11 is 2.89. The molecule has 1 aliphatic heterocycles. The number of ether oxygens (including phenoxy) is 2. The lowest BCUT2D eigenvalue weighted by molar-refractivity contribution is 0.297. The Hall–Kier alpha value is -4.27. The molecule has 0 bridgehead atoms. The molecule has 1 aliphatic rings. The Bertz CT molecular complexity index is 1820. The van der Waals surface area contributed by atoms with E-state index < -0.39 is 0 Å². The van der Waals surface area contributed by atoms with Crippen LogP contribution in [0.5, 0.6) is 17.4 Å². The second-order valence-corrected chi connectivity index (χ2v) is 11.9. The van der Waals surface area contributed by atoms with Crippen LogP contribution in [0.4, 0.5) is 17.1 Å². The number of hydrogen-bond acceptors (Lipinski definition) is 8. The number of anilines is 3. The number of hydrogen-bond donors (Lipinski definition) is 0. The number of nitrogens with zero attached hydrogens (tertiary/aromatic N) is 4. The van der Waals surface area contributed by atoms with Gasteiger partial charge in [0.25, 0.3) is 0 Å². The van der Waals surface area contributed by atoms with Gasteiger partial charge >= 0.3 is 0 Å². The minimum Gasteiger partial charge on any atom is -0.477 e. The summed E-state index contributed by atoms with van der Waals surface area (Å²) < 4.78 is 21.7. The molecule has 42 heavy (non-hydrogen) atoms. The van der Waals surface area contributed by atoms with Gasteiger partial charge in [-0.25, -0.2) is 4.98 Å². The Morgan fingerprint density at radius 2 is 1.50 bits per heavy atom. The van der Waals surface area contributed by atoms with Crippen LogP contribution >= 0.6 is 23.1 Å².